The predicted molar refractivity (Wildman–Crippen MR) is 176 cm³/mol. The molecule has 0 atom stereocenters. The fraction of sp³-hybridized carbons (Fsp3) is 0.250. The standard InChI is InChI=1S/C36H38FN3O4/c1-22-11-12-24(37)19-32(22)43-21-29-27(17-18-30-33(29)23(2)20-36(3,4)39-30)28-9-8-10-31(34(28)42-7)44-35(41)38-25-13-15-26(16-14-25)40(5)6/h8-20,39H,21H2,1-7H3,(H,38,41). The van der Waals surface area contributed by atoms with Gasteiger partial charge >= 0.3 is 6.09 Å². The molecule has 5 rings (SSSR count). The summed E-state index contributed by atoms with van der Waals surface area (Å²) in [6.45, 7) is 8.37. The highest BCUT2D eigenvalue weighted by molar-refractivity contribution is 5.90. The average molecular weight is 596 g/mol. The highest BCUT2D eigenvalue weighted by atomic mass is 19.1. The van der Waals surface area contributed by atoms with E-state index in [0.717, 1.165) is 44.8 Å². The second-order valence-corrected chi connectivity index (χ2v) is 11.7. The topological polar surface area (TPSA) is 72.1 Å². The maximum absolute atomic E-state index is 14.1. The molecule has 1 aliphatic rings. The Balaban J connectivity index is 1.52. The van der Waals surface area contributed by atoms with E-state index in [4.69, 9.17) is 14.2 Å². The molecule has 0 aliphatic carbocycles. The molecule has 2 N–H and O–H groups in total. The van der Waals surface area contributed by atoms with Gasteiger partial charge in [-0.2, -0.15) is 0 Å². The zero-order chi connectivity index (χ0) is 31.6. The molecule has 0 aromatic heterocycles. The lowest BCUT2D eigenvalue weighted by Gasteiger charge is -2.33. The van der Waals surface area contributed by atoms with E-state index in [-0.39, 0.29) is 23.7 Å². The van der Waals surface area contributed by atoms with Gasteiger partial charge in [-0.25, -0.2) is 9.18 Å². The van der Waals surface area contributed by atoms with E-state index in [0.29, 0.717) is 17.2 Å². The number of fused-ring (bicyclic) bond motifs is 1. The number of amides is 1. The van der Waals surface area contributed by atoms with Gasteiger partial charge in [0, 0.05) is 53.9 Å². The third-order valence-electron chi connectivity index (χ3n) is 7.57. The summed E-state index contributed by atoms with van der Waals surface area (Å²) in [6, 6.07) is 21.4. The zero-order valence-corrected chi connectivity index (χ0v) is 26.2. The van der Waals surface area contributed by atoms with Crippen LogP contribution in [-0.4, -0.2) is 32.8 Å². The Morgan fingerprint density at radius 1 is 0.955 bits per heavy atom. The van der Waals surface area contributed by atoms with Crippen molar-refractivity contribution in [3.05, 3.63) is 101 Å². The third-order valence-corrected chi connectivity index (χ3v) is 7.57. The fourth-order valence-electron chi connectivity index (χ4n) is 5.59. The van der Waals surface area contributed by atoms with E-state index in [2.05, 4.69) is 37.5 Å². The molecular weight excluding hydrogens is 557 g/mol. The van der Waals surface area contributed by atoms with Gasteiger partial charge in [0.05, 0.1) is 12.6 Å². The van der Waals surface area contributed by atoms with Gasteiger partial charge in [-0.15, -0.1) is 0 Å². The van der Waals surface area contributed by atoms with Crippen molar-refractivity contribution in [2.45, 2.75) is 39.8 Å². The maximum Gasteiger partial charge on any atom is 0.417 e. The van der Waals surface area contributed by atoms with Crippen molar-refractivity contribution >= 4 is 28.7 Å². The lowest BCUT2D eigenvalue weighted by atomic mass is 9.85. The number of allylic oxidation sites excluding steroid dienone is 1. The number of carbonyl (C=O) groups is 1. The predicted octanol–water partition coefficient (Wildman–Crippen LogP) is 8.67. The van der Waals surface area contributed by atoms with Crippen molar-refractivity contribution in [2.24, 2.45) is 0 Å². The molecular formula is C36H38FN3O4. The first kappa shape index (κ1) is 30.5. The van der Waals surface area contributed by atoms with Gasteiger partial charge in [0.2, 0.25) is 0 Å². The molecule has 1 aliphatic heterocycles. The summed E-state index contributed by atoms with van der Waals surface area (Å²) in [5, 5.41) is 6.38. The number of ether oxygens (including phenoxy) is 3. The Morgan fingerprint density at radius 3 is 2.41 bits per heavy atom. The first-order valence-corrected chi connectivity index (χ1v) is 14.4. The third kappa shape index (κ3) is 6.49. The molecule has 1 amide bonds. The van der Waals surface area contributed by atoms with Crippen molar-refractivity contribution in [3.8, 4) is 28.4 Å². The van der Waals surface area contributed by atoms with Crippen LogP contribution in [0.3, 0.4) is 0 Å². The van der Waals surface area contributed by atoms with Gasteiger partial charge in [0.1, 0.15) is 18.2 Å². The number of benzene rings is 4. The van der Waals surface area contributed by atoms with E-state index in [1.165, 1.54) is 12.1 Å². The molecule has 0 saturated heterocycles. The summed E-state index contributed by atoms with van der Waals surface area (Å²) in [4.78, 5) is 14.9. The molecule has 0 bridgehead atoms. The van der Waals surface area contributed by atoms with E-state index in [9.17, 15) is 9.18 Å². The van der Waals surface area contributed by atoms with Crippen molar-refractivity contribution in [3.63, 3.8) is 0 Å². The number of anilines is 3. The first-order valence-electron chi connectivity index (χ1n) is 14.4. The summed E-state index contributed by atoms with van der Waals surface area (Å²) in [6.07, 6.45) is 1.54. The molecule has 0 unspecified atom stereocenters. The van der Waals surface area contributed by atoms with Crippen LogP contribution in [0, 0.1) is 12.7 Å². The quantitative estimate of drug-likeness (QED) is 0.212. The number of nitrogens with zero attached hydrogens (tertiary/aromatic N) is 1. The van der Waals surface area contributed by atoms with Crippen molar-refractivity contribution in [2.75, 3.05) is 36.7 Å². The minimum atomic E-state index is -0.640. The molecule has 7 nitrogen and oxygen atoms in total. The first-order chi connectivity index (χ1) is 21.0. The zero-order valence-electron chi connectivity index (χ0n) is 26.2. The lowest BCUT2D eigenvalue weighted by Crippen LogP contribution is -2.32. The van der Waals surface area contributed by atoms with Crippen LogP contribution in [0.2, 0.25) is 0 Å². The molecule has 0 radical (unpaired) electrons. The van der Waals surface area contributed by atoms with Crippen LogP contribution >= 0.6 is 0 Å². The van der Waals surface area contributed by atoms with Crippen LogP contribution in [0.5, 0.6) is 17.2 Å². The molecule has 0 fully saturated rings. The molecule has 0 spiro atoms. The molecule has 4 aromatic rings. The molecule has 4 aromatic carbocycles. The van der Waals surface area contributed by atoms with Crippen LogP contribution in [0.15, 0.2) is 78.9 Å². The summed E-state index contributed by atoms with van der Waals surface area (Å²) >= 11 is 0. The Morgan fingerprint density at radius 2 is 1.70 bits per heavy atom. The van der Waals surface area contributed by atoms with Gasteiger partial charge in [0.15, 0.2) is 11.5 Å². The van der Waals surface area contributed by atoms with E-state index in [1.807, 2.05) is 74.4 Å². The van der Waals surface area contributed by atoms with Gasteiger partial charge in [-0.05, 0) is 86.9 Å². The number of para-hydroxylation sites is 1. The molecule has 1 heterocycles. The number of aryl methyl sites for hydroxylation is 1. The van der Waals surface area contributed by atoms with E-state index >= 15 is 0 Å². The van der Waals surface area contributed by atoms with Crippen molar-refractivity contribution in [1.29, 1.82) is 0 Å². The van der Waals surface area contributed by atoms with Crippen LogP contribution in [0.4, 0.5) is 26.2 Å². The number of carbonyl (C=O) groups excluding carboxylic acids is 1. The number of hydrogen-bond acceptors (Lipinski definition) is 6. The Kier molecular flexibility index (Phi) is 8.54. The minimum Gasteiger partial charge on any atom is -0.492 e. The highest BCUT2D eigenvalue weighted by Gasteiger charge is 2.28. The molecule has 8 heteroatoms. The molecule has 0 saturated carbocycles. The fourth-order valence-corrected chi connectivity index (χ4v) is 5.59. The van der Waals surface area contributed by atoms with Gasteiger partial charge in [0.25, 0.3) is 0 Å². The Bertz CT molecular complexity index is 1730. The molecule has 228 valence electrons. The number of rotatable bonds is 8. The number of methoxy groups -OCH3 is 1. The van der Waals surface area contributed by atoms with Gasteiger partial charge < -0.3 is 24.4 Å². The van der Waals surface area contributed by atoms with Crippen LogP contribution in [0.1, 0.15) is 37.5 Å². The van der Waals surface area contributed by atoms with Gasteiger partial charge in [-0.3, -0.25) is 5.32 Å². The number of nitrogens with one attached hydrogen (secondary N) is 2. The Labute approximate surface area is 258 Å². The van der Waals surface area contributed by atoms with Crippen molar-refractivity contribution < 1.29 is 23.4 Å². The number of hydrogen-bond donors (Lipinski definition) is 2. The summed E-state index contributed by atoms with van der Waals surface area (Å²) < 4.78 is 32.0. The summed E-state index contributed by atoms with van der Waals surface area (Å²) in [5.74, 6) is 0.779. The lowest BCUT2D eigenvalue weighted by molar-refractivity contribution is 0.213. The highest BCUT2D eigenvalue weighted by Crippen LogP contribution is 2.45. The van der Waals surface area contributed by atoms with E-state index < -0.39 is 6.09 Å². The summed E-state index contributed by atoms with van der Waals surface area (Å²) in [5.41, 5.74) is 7.74. The maximum atomic E-state index is 14.1. The van der Waals surface area contributed by atoms with Gasteiger partial charge in [-0.1, -0.05) is 30.3 Å². The van der Waals surface area contributed by atoms with Crippen LogP contribution < -0.4 is 29.7 Å². The minimum absolute atomic E-state index is 0.174. The largest absolute Gasteiger partial charge is 0.492 e. The van der Waals surface area contributed by atoms with E-state index in [1.54, 1.807) is 19.2 Å². The van der Waals surface area contributed by atoms with Crippen LogP contribution in [0.25, 0.3) is 16.7 Å². The second kappa shape index (κ2) is 12.3. The monoisotopic (exact) mass is 595 g/mol. The Hall–Kier alpha value is -4.98. The normalized spacial score (nSPS) is 13.2. The smallest absolute Gasteiger partial charge is 0.417 e. The number of halogens is 1. The van der Waals surface area contributed by atoms with Crippen molar-refractivity contribution in [1.82, 2.24) is 0 Å². The van der Waals surface area contributed by atoms with Crippen LogP contribution in [-0.2, 0) is 6.61 Å². The second-order valence-electron chi connectivity index (χ2n) is 11.7. The average Bonchev–Trinajstić information content (AvgIpc) is 2.96. The molecule has 44 heavy (non-hydrogen) atoms. The summed E-state index contributed by atoms with van der Waals surface area (Å²) in [7, 11) is 5.45. The SMILES string of the molecule is COc1c(OC(=O)Nc2ccc(N(C)C)cc2)cccc1-c1ccc2c(c1COc1cc(F)ccc1C)C(C)=CC(C)(C)N2.